The molecule has 4 rings (SSSR count). The molecule has 0 radical (unpaired) electrons. The first-order valence-electron chi connectivity index (χ1n) is 9.24. The summed E-state index contributed by atoms with van der Waals surface area (Å²) in [5, 5.41) is 19.4. The number of aromatic hydroxyl groups is 1. The van der Waals surface area contributed by atoms with Gasteiger partial charge in [-0.3, -0.25) is 9.89 Å². The SMILES string of the molecule is NC(=O)c1c(N=Cc2ccc(O)cc2)n[nH]c1Nc1ccc(-c2ccccc2)cc1. The number of carbonyl (C=O) groups is 1. The summed E-state index contributed by atoms with van der Waals surface area (Å²) in [7, 11) is 0. The van der Waals surface area contributed by atoms with Gasteiger partial charge in [-0.05, 0) is 53.1 Å². The highest BCUT2D eigenvalue weighted by atomic mass is 16.3. The molecule has 30 heavy (non-hydrogen) atoms. The minimum atomic E-state index is -0.648. The van der Waals surface area contributed by atoms with Crippen LogP contribution in [0.15, 0.2) is 83.9 Å². The molecule has 0 fully saturated rings. The zero-order valence-corrected chi connectivity index (χ0v) is 15.9. The summed E-state index contributed by atoms with van der Waals surface area (Å²) in [6.07, 6.45) is 1.54. The van der Waals surface area contributed by atoms with E-state index in [0.717, 1.165) is 22.4 Å². The molecule has 1 amide bonds. The molecule has 0 atom stereocenters. The summed E-state index contributed by atoms with van der Waals surface area (Å²) in [5.74, 6) is 0.0614. The molecule has 5 N–H and O–H groups in total. The number of nitrogens with two attached hydrogens (primary N) is 1. The van der Waals surface area contributed by atoms with Gasteiger partial charge in [-0.1, -0.05) is 42.5 Å². The van der Waals surface area contributed by atoms with Crippen molar-refractivity contribution >= 4 is 29.4 Å². The molecule has 7 nitrogen and oxygen atoms in total. The van der Waals surface area contributed by atoms with Crippen molar-refractivity contribution < 1.29 is 9.90 Å². The first kappa shape index (κ1) is 18.9. The molecule has 1 heterocycles. The number of carbonyl (C=O) groups excluding carboxylic acids is 1. The number of aliphatic imine (C=N–C) groups is 1. The van der Waals surface area contributed by atoms with Gasteiger partial charge in [0.1, 0.15) is 17.1 Å². The number of hydrogen-bond acceptors (Lipinski definition) is 5. The van der Waals surface area contributed by atoms with E-state index in [1.165, 1.54) is 0 Å². The van der Waals surface area contributed by atoms with E-state index < -0.39 is 5.91 Å². The molecule has 0 unspecified atom stereocenters. The molecule has 0 saturated carbocycles. The van der Waals surface area contributed by atoms with Crippen LogP contribution in [0.3, 0.4) is 0 Å². The summed E-state index contributed by atoms with van der Waals surface area (Å²) in [4.78, 5) is 16.3. The molecule has 0 bridgehead atoms. The molecule has 0 saturated heterocycles. The molecule has 7 heteroatoms. The number of aromatic amines is 1. The standard InChI is InChI=1S/C23H19N5O2/c24-21(30)20-22(25-14-15-6-12-19(29)13-7-15)27-28-23(20)26-18-10-8-17(9-11-18)16-4-2-1-3-5-16/h1-14,29H,(H2,24,30)(H2,26,27,28). The van der Waals surface area contributed by atoms with Crippen LogP contribution in [0.25, 0.3) is 11.1 Å². The van der Waals surface area contributed by atoms with E-state index in [1.807, 2.05) is 54.6 Å². The van der Waals surface area contributed by atoms with Gasteiger partial charge in [-0.15, -0.1) is 0 Å². The van der Waals surface area contributed by atoms with Crippen LogP contribution in [0.4, 0.5) is 17.3 Å². The zero-order valence-electron chi connectivity index (χ0n) is 15.9. The fourth-order valence-corrected chi connectivity index (χ4v) is 2.97. The van der Waals surface area contributed by atoms with Crippen molar-refractivity contribution in [1.82, 2.24) is 10.2 Å². The Morgan fingerprint density at radius 3 is 2.30 bits per heavy atom. The van der Waals surface area contributed by atoms with E-state index in [-0.39, 0.29) is 17.1 Å². The van der Waals surface area contributed by atoms with Gasteiger partial charge in [0.2, 0.25) is 0 Å². The van der Waals surface area contributed by atoms with Crippen molar-refractivity contribution in [3.63, 3.8) is 0 Å². The third-order valence-corrected chi connectivity index (χ3v) is 4.48. The van der Waals surface area contributed by atoms with E-state index >= 15 is 0 Å². The number of phenolic OH excluding ortho intramolecular Hbond substituents is 1. The maximum Gasteiger partial charge on any atom is 0.256 e. The quantitative estimate of drug-likeness (QED) is 0.361. The second-order valence-corrected chi connectivity index (χ2v) is 6.58. The largest absolute Gasteiger partial charge is 0.508 e. The molecule has 0 aliphatic rings. The number of anilines is 2. The number of amides is 1. The number of nitrogens with one attached hydrogen (secondary N) is 2. The molecule has 0 spiro atoms. The summed E-state index contributed by atoms with van der Waals surface area (Å²) >= 11 is 0. The first-order valence-corrected chi connectivity index (χ1v) is 9.24. The average molecular weight is 397 g/mol. The van der Waals surface area contributed by atoms with Gasteiger partial charge < -0.3 is 16.2 Å². The summed E-state index contributed by atoms with van der Waals surface area (Å²) in [6.45, 7) is 0. The summed E-state index contributed by atoms with van der Waals surface area (Å²) in [5.41, 5.74) is 9.44. The molecule has 1 aromatic heterocycles. The molecule has 3 aromatic carbocycles. The number of benzene rings is 3. The average Bonchev–Trinajstić information content (AvgIpc) is 3.17. The van der Waals surface area contributed by atoms with Crippen LogP contribution in [0.5, 0.6) is 5.75 Å². The Morgan fingerprint density at radius 1 is 0.967 bits per heavy atom. The van der Waals surface area contributed by atoms with Crippen LogP contribution in [-0.2, 0) is 0 Å². The number of hydrogen-bond donors (Lipinski definition) is 4. The summed E-state index contributed by atoms with van der Waals surface area (Å²) in [6, 6.07) is 24.3. The highest BCUT2D eigenvalue weighted by Crippen LogP contribution is 2.28. The first-order chi connectivity index (χ1) is 14.6. The van der Waals surface area contributed by atoms with Crippen LogP contribution < -0.4 is 11.1 Å². The lowest BCUT2D eigenvalue weighted by Gasteiger charge is -2.07. The van der Waals surface area contributed by atoms with Gasteiger partial charge in [0.15, 0.2) is 5.82 Å². The molecule has 148 valence electrons. The number of nitrogens with zero attached hydrogens (tertiary/aromatic N) is 2. The van der Waals surface area contributed by atoms with Gasteiger partial charge >= 0.3 is 0 Å². The maximum atomic E-state index is 12.0. The number of primary amides is 1. The number of H-pyrrole nitrogens is 1. The van der Waals surface area contributed by atoms with Crippen LogP contribution in [0, 0.1) is 0 Å². The van der Waals surface area contributed by atoms with Crippen LogP contribution >= 0.6 is 0 Å². The van der Waals surface area contributed by atoms with Crippen molar-refractivity contribution in [3.05, 3.63) is 90.0 Å². The second-order valence-electron chi connectivity index (χ2n) is 6.58. The van der Waals surface area contributed by atoms with Gasteiger partial charge in [0.05, 0.1) is 0 Å². The third kappa shape index (κ3) is 4.20. The Hall–Kier alpha value is -4.39. The second kappa shape index (κ2) is 8.32. The summed E-state index contributed by atoms with van der Waals surface area (Å²) < 4.78 is 0. The van der Waals surface area contributed by atoms with E-state index in [2.05, 4.69) is 20.5 Å². The Kier molecular flexibility index (Phi) is 5.25. The van der Waals surface area contributed by atoms with E-state index in [0.29, 0.717) is 5.82 Å². The van der Waals surface area contributed by atoms with Crippen molar-refractivity contribution in [2.24, 2.45) is 10.7 Å². The van der Waals surface area contributed by atoms with Crippen molar-refractivity contribution in [3.8, 4) is 16.9 Å². The monoisotopic (exact) mass is 397 g/mol. The Labute approximate surface area is 172 Å². The normalized spacial score (nSPS) is 10.9. The highest BCUT2D eigenvalue weighted by Gasteiger charge is 2.18. The molecule has 0 aliphatic heterocycles. The van der Waals surface area contributed by atoms with Crippen molar-refractivity contribution in [1.29, 1.82) is 0 Å². The number of rotatable bonds is 6. The molecule has 4 aromatic rings. The predicted molar refractivity (Wildman–Crippen MR) is 118 cm³/mol. The van der Waals surface area contributed by atoms with Crippen LogP contribution in [0.1, 0.15) is 15.9 Å². The van der Waals surface area contributed by atoms with Gasteiger partial charge in [0.25, 0.3) is 5.91 Å². The Morgan fingerprint density at radius 2 is 1.63 bits per heavy atom. The van der Waals surface area contributed by atoms with Crippen LogP contribution in [-0.4, -0.2) is 27.4 Å². The zero-order chi connectivity index (χ0) is 20.9. The molecular weight excluding hydrogens is 378 g/mol. The molecular formula is C23H19N5O2. The van der Waals surface area contributed by atoms with Gasteiger partial charge in [-0.2, -0.15) is 5.10 Å². The smallest absolute Gasteiger partial charge is 0.256 e. The lowest BCUT2D eigenvalue weighted by molar-refractivity contribution is 0.100. The lowest BCUT2D eigenvalue weighted by atomic mass is 10.1. The fourth-order valence-electron chi connectivity index (χ4n) is 2.97. The highest BCUT2D eigenvalue weighted by molar-refractivity contribution is 6.03. The van der Waals surface area contributed by atoms with E-state index in [4.69, 9.17) is 5.73 Å². The third-order valence-electron chi connectivity index (χ3n) is 4.48. The number of phenols is 1. The fraction of sp³-hybridized carbons (Fsp3) is 0. The lowest BCUT2D eigenvalue weighted by Crippen LogP contribution is -2.12. The minimum absolute atomic E-state index is 0.162. The van der Waals surface area contributed by atoms with Gasteiger partial charge in [0, 0.05) is 11.9 Å². The Balaban J connectivity index is 1.56. The Bertz CT molecular complexity index is 1180. The molecule has 0 aliphatic carbocycles. The maximum absolute atomic E-state index is 12.0. The van der Waals surface area contributed by atoms with E-state index in [9.17, 15) is 9.90 Å². The van der Waals surface area contributed by atoms with Gasteiger partial charge in [-0.25, -0.2) is 4.99 Å². The number of aromatic nitrogens is 2. The van der Waals surface area contributed by atoms with E-state index in [1.54, 1.807) is 30.5 Å². The van der Waals surface area contributed by atoms with Crippen molar-refractivity contribution in [2.45, 2.75) is 0 Å². The van der Waals surface area contributed by atoms with Crippen LogP contribution in [0.2, 0.25) is 0 Å². The predicted octanol–water partition coefficient (Wildman–Crippen LogP) is 4.38. The minimum Gasteiger partial charge on any atom is -0.508 e. The topological polar surface area (TPSA) is 116 Å². The van der Waals surface area contributed by atoms with Crippen molar-refractivity contribution in [2.75, 3.05) is 5.32 Å².